The van der Waals surface area contributed by atoms with Gasteiger partial charge in [-0.05, 0) is 18.6 Å². The van der Waals surface area contributed by atoms with Crippen LogP contribution in [0.3, 0.4) is 0 Å². The monoisotopic (exact) mass is 285 g/mol. The summed E-state index contributed by atoms with van der Waals surface area (Å²) in [5, 5.41) is 21.7. The molecule has 3 N–H and O–H groups in total. The summed E-state index contributed by atoms with van der Waals surface area (Å²) in [7, 11) is 0. The summed E-state index contributed by atoms with van der Waals surface area (Å²) in [5.41, 5.74) is 0.435. The quantitative estimate of drug-likeness (QED) is 0.339. The highest BCUT2D eigenvalue weighted by Crippen LogP contribution is 2.38. The van der Waals surface area contributed by atoms with E-state index in [-0.39, 0.29) is 22.5 Å². The van der Waals surface area contributed by atoms with Crippen molar-refractivity contribution in [3.63, 3.8) is 0 Å². The van der Waals surface area contributed by atoms with E-state index in [1.54, 1.807) is 0 Å². The van der Waals surface area contributed by atoms with Gasteiger partial charge in [-0.3, -0.25) is 9.59 Å². The summed E-state index contributed by atoms with van der Waals surface area (Å²) in [5.74, 6) is 0.441. The number of rotatable bonds is 4. The third-order valence-corrected chi connectivity index (χ3v) is 3.29. The number of nitrogens with one attached hydrogen (secondary N) is 1. The minimum absolute atomic E-state index is 0.117. The molecule has 1 amide bonds. The number of hydrogen-bond donors (Lipinski definition) is 3. The number of carbonyl (C=O) groups excluding carboxylic acids is 2. The molecule has 0 aromatic heterocycles. The van der Waals surface area contributed by atoms with Crippen molar-refractivity contribution in [2.24, 2.45) is 0 Å². The smallest absolute Gasteiger partial charge is 0.256 e. The Balaban J connectivity index is 2.42. The second kappa shape index (κ2) is 5.71. The molecule has 1 aromatic carbocycles. The minimum atomic E-state index is -0.540. The lowest BCUT2D eigenvalue weighted by atomic mass is 10.0. The Bertz CT molecular complexity index is 695. The van der Waals surface area contributed by atoms with E-state index < -0.39 is 17.4 Å². The molecule has 0 saturated carbocycles. The van der Waals surface area contributed by atoms with Crippen molar-refractivity contribution >= 4 is 17.3 Å². The van der Waals surface area contributed by atoms with E-state index in [1.165, 1.54) is 6.07 Å². The van der Waals surface area contributed by atoms with E-state index >= 15 is 0 Å². The summed E-state index contributed by atoms with van der Waals surface area (Å²) in [6.45, 7) is 2.44. The maximum Gasteiger partial charge on any atom is 0.256 e. The molecule has 108 valence electrons. The molecule has 0 radical (unpaired) electrons. The number of ketones is 1. The molecule has 0 atom stereocenters. The van der Waals surface area contributed by atoms with E-state index in [1.807, 2.05) is 6.92 Å². The number of benzene rings is 1. The Morgan fingerprint density at radius 1 is 1.29 bits per heavy atom. The zero-order chi connectivity index (χ0) is 15.6. The van der Waals surface area contributed by atoms with E-state index in [0.29, 0.717) is 12.1 Å². The molecular weight excluding hydrogens is 270 g/mol. The summed E-state index contributed by atoms with van der Waals surface area (Å²) < 4.78 is 0. The average molecular weight is 285 g/mol. The molecule has 21 heavy (non-hydrogen) atoms. The van der Waals surface area contributed by atoms with Gasteiger partial charge in [0, 0.05) is 23.2 Å². The van der Waals surface area contributed by atoms with Gasteiger partial charge in [0.25, 0.3) is 5.91 Å². The van der Waals surface area contributed by atoms with Gasteiger partial charge in [-0.15, -0.1) is 6.42 Å². The molecule has 0 bridgehead atoms. The lowest BCUT2D eigenvalue weighted by molar-refractivity contribution is -0.117. The van der Waals surface area contributed by atoms with Crippen LogP contribution in [0.2, 0.25) is 0 Å². The normalized spacial score (nSPS) is 13.0. The number of terminal acetylenes is 1. The van der Waals surface area contributed by atoms with Gasteiger partial charge in [-0.25, -0.2) is 0 Å². The number of carbonyl (C=O) groups is 2. The number of unbranched alkanes of at least 4 members (excludes halogenated alkanes) is 1. The van der Waals surface area contributed by atoms with E-state index in [0.717, 1.165) is 18.9 Å². The molecule has 0 aliphatic heterocycles. The molecule has 0 fully saturated rings. The number of Topliss-reactive ketones (excluding diaryl/α,β-unsaturated/α-hetero) is 1. The maximum atomic E-state index is 12.3. The second-order valence-corrected chi connectivity index (χ2v) is 4.72. The summed E-state index contributed by atoms with van der Waals surface area (Å²) in [6, 6.07) is 2.32. The van der Waals surface area contributed by atoms with Gasteiger partial charge < -0.3 is 15.5 Å². The molecule has 1 aromatic rings. The predicted molar refractivity (Wildman–Crippen MR) is 77.8 cm³/mol. The predicted octanol–water partition coefficient (Wildman–Crippen LogP) is 1.60. The first kappa shape index (κ1) is 14.7. The molecule has 0 saturated heterocycles. The molecule has 1 aliphatic rings. The van der Waals surface area contributed by atoms with Crippen molar-refractivity contribution in [2.75, 3.05) is 6.54 Å². The molecule has 2 rings (SSSR count). The topological polar surface area (TPSA) is 86.6 Å². The van der Waals surface area contributed by atoms with Crippen LogP contribution in [0.15, 0.2) is 17.7 Å². The summed E-state index contributed by atoms with van der Waals surface area (Å²) in [6.07, 6.45) is 7.11. The average Bonchev–Trinajstić information content (AvgIpc) is 2.72. The standard InChI is InChI=1S/C16H15NO4/c1-3-5-6-17-16(21)14-9(4-2)10-7-12(18)13(19)8-11(10)15(14)20/h2,7-8,18-19H,3,5-6H2,1H3,(H,17,21). The van der Waals surface area contributed by atoms with Crippen LogP contribution in [0.5, 0.6) is 11.5 Å². The van der Waals surface area contributed by atoms with Crippen LogP contribution in [0.1, 0.15) is 35.7 Å². The number of fused-ring (bicyclic) bond motifs is 1. The fourth-order valence-electron chi connectivity index (χ4n) is 2.19. The van der Waals surface area contributed by atoms with Crippen LogP contribution >= 0.6 is 0 Å². The van der Waals surface area contributed by atoms with Crippen LogP contribution in [0.4, 0.5) is 0 Å². The zero-order valence-electron chi connectivity index (χ0n) is 11.6. The number of phenolic OH excluding ortho intramolecular Hbond substituents is 2. The van der Waals surface area contributed by atoms with Gasteiger partial charge in [0.15, 0.2) is 11.5 Å². The highest BCUT2D eigenvalue weighted by atomic mass is 16.3. The summed E-state index contributed by atoms with van der Waals surface area (Å²) >= 11 is 0. The van der Waals surface area contributed by atoms with Gasteiger partial charge in [-0.1, -0.05) is 19.3 Å². The number of amides is 1. The Morgan fingerprint density at radius 3 is 2.48 bits per heavy atom. The molecule has 5 heteroatoms. The van der Waals surface area contributed by atoms with Gasteiger partial charge in [-0.2, -0.15) is 0 Å². The summed E-state index contributed by atoms with van der Waals surface area (Å²) in [4.78, 5) is 24.4. The minimum Gasteiger partial charge on any atom is -0.504 e. The highest BCUT2D eigenvalue weighted by molar-refractivity contribution is 6.36. The van der Waals surface area contributed by atoms with E-state index in [9.17, 15) is 19.8 Å². The molecule has 0 heterocycles. The van der Waals surface area contributed by atoms with Crippen LogP contribution in [0.25, 0.3) is 5.57 Å². The second-order valence-electron chi connectivity index (χ2n) is 4.72. The van der Waals surface area contributed by atoms with Crippen molar-refractivity contribution in [3.8, 4) is 23.8 Å². The van der Waals surface area contributed by atoms with Gasteiger partial charge in [0.2, 0.25) is 5.78 Å². The lowest BCUT2D eigenvalue weighted by Crippen LogP contribution is -2.28. The first-order valence-electron chi connectivity index (χ1n) is 6.61. The molecular formula is C16H15NO4. The van der Waals surface area contributed by atoms with Crippen molar-refractivity contribution in [2.45, 2.75) is 19.8 Å². The number of hydrogen-bond acceptors (Lipinski definition) is 4. The van der Waals surface area contributed by atoms with Crippen LogP contribution in [-0.4, -0.2) is 28.4 Å². The Kier molecular flexibility index (Phi) is 3.99. The van der Waals surface area contributed by atoms with E-state index in [4.69, 9.17) is 6.42 Å². The van der Waals surface area contributed by atoms with Gasteiger partial charge >= 0.3 is 0 Å². The first-order valence-corrected chi connectivity index (χ1v) is 6.61. The Morgan fingerprint density at radius 2 is 1.90 bits per heavy atom. The van der Waals surface area contributed by atoms with Crippen LogP contribution in [0, 0.1) is 12.3 Å². The Hall–Kier alpha value is -2.74. The highest BCUT2D eigenvalue weighted by Gasteiger charge is 2.34. The molecule has 1 aliphatic carbocycles. The molecule has 5 nitrogen and oxygen atoms in total. The largest absolute Gasteiger partial charge is 0.504 e. The fraction of sp³-hybridized carbons (Fsp3) is 0.250. The first-order chi connectivity index (χ1) is 10.0. The van der Waals surface area contributed by atoms with Crippen LogP contribution in [-0.2, 0) is 4.79 Å². The third-order valence-electron chi connectivity index (χ3n) is 3.29. The van der Waals surface area contributed by atoms with E-state index in [2.05, 4.69) is 11.2 Å². The van der Waals surface area contributed by atoms with Crippen LogP contribution < -0.4 is 5.32 Å². The van der Waals surface area contributed by atoms with Crippen molar-refractivity contribution in [1.82, 2.24) is 5.32 Å². The SMILES string of the molecule is C#CC1=C(C(=O)NCCCC)C(=O)c2cc(O)c(O)cc21. The van der Waals surface area contributed by atoms with Gasteiger partial charge in [0.05, 0.1) is 0 Å². The Labute approximate surface area is 122 Å². The number of phenols is 2. The zero-order valence-corrected chi connectivity index (χ0v) is 11.6. The van der Waals surface area contributed by atoms with Crippen molar-refractivity contribution in [3.05, 3.63) is 28.8 Å². The van der Waals surface area contributed by atoms with Crippen molar-refractivity contribution in [1.29, 1.82) is 0 Å². The fourth-order valence-corrected chi connectivity index (χ4v) is 2.19. The third kappa shape index (κ3) is 2.48. The number of aromatic hydroxyl groups is 2. The van der Waals surface area contributed by atoms with Crippen molar-refractivity contribution < 1.29 is 19.8 Å². The lowest BCUT2D eigenvalue weighted by Gasteiger charge is -2.04. The number of allylic oxidation sites excluding steroid dienone is 1. The van der Waals surface area contributed by atoms with Gasteiger partial charge in [0.1, 0.15) is 5.57 Å². The maximum absolute atomic E-state index is 12.3. The molecule has 0 unspecified atom stereocenters. The molecule has 0 spiro atoms.